The number of ether oxygens (including phenoxy) is 2. The van der Waals surface area contributed by atoms with Crippen molar-refractivity contribution in [3.8, 4) is 11.5 Å². The Kier molecular flexibility index (Phi) is 5.43. The highest BCUT2D eigenvalue weighted by atomic mass is 19.1. The quantitative estimate of drug-likeness (QED) is 0.545. The average Bonchev–Trinajstić information content (AvgIpc) is 2.66. The summed E-state index contributed by atoms with van der Waals surface area (Å²) in [5, 5.41) is 5.97. The van der Waals surface area contributed by atoms with Crippen LogP contribution in [0, 0.1) is 5.82 Å². The molecule has 0 fully saturated rings. The van der Waals surface area contributed by atoms with Gasteiger partial charge in [0.05, 0.1) is 13.3 Å². The smallest absolute Gasteiger partial charge is 0.277 e. The van der Waals surface area contributed by atoms with Gasteiger partial charge in [0.25, 0.3) is 5.91 Å². The first-order chi connectivity index (χ1) is 12.7. The van der Waals surface area contributed by atoms with E-state index in [0.717, 1.165) is 16.3 Å². The highest BCUT2D eigenvalue weighted by molar-refractivity contribution is 6.02. The molecule has 0 bridgehead atoms. The SMILES string of the molecule is COc1ccc2ccccc2c1/C=N\NC(=O)COc1cccc(F)c1. The van der Waals surface area contributed by atoms with Crippen LogP contribution in [0.1, 0.15) is 5.56 Å². The second-order valence-corrected chi connectivity index (χ2v) is 5.44. The van der Waals surface area contributed by atoms with Crippen molar-refractivity contribution in [2.24, 2.45) is 5.10 Å². The van der Waals surface area contributed by atoms with Crippen LogP contribution >= 0.6 is 0 Å². The van der Waals surface area contributed by atoms with Crippen LogP contribution in [0.25, 0.3) is 10.8 Å². The minimum absolute atomic E-state index is 0.270. The molecule has 0 aliphatic heterocycles. The summed E-state index contributed by atoms with van der Waals surface area (Å²) in [5.74, 6) is 0.0475. The summed E-state index contributed by atoms with van der Waals surface area (Å²) >= 11 is 0. The van der Waals surface area contributed by atoms with E-state index in [-0.39, 0.29) is 12.4 Å². The maximum absolute atomic E-state index is 13.1. The van der Waals surface area contributed by atoms with Gasteiger partial charge in [0.2, 0.25) is 0 Å². The molecule has 0 spiro atoms. The van der Waals surface area contributed by atoms with Gasteiger partial charge in [-0.1, -0.05) is 36.4 Å². The van der Waals surface area contributed by atoms with Crippen molar-refractivity contribution >= 4 is 22.9 Å². The van der Waals surface area contributed by atoms with E-state index in [2.05, 4.69) is 10.5 Å². The van der Waals surface area contributed by atoms with E-state index in [1.807, 2.05) is 36.4 Å². The number of hydrogen-bond donors (Lipinski definition) is 1. The summed E-state index contributed by atoms with van der Waals surface area (Å²) in [4.78, 5) is 11.8. The van der Waals surface area contributed by atoms with Gasteiger partial charge in [0.1, 0.15) is 17.3 Å². The number of methoxy groups -OCH3 is 1. The Morgan fingerprint density at radius 1 is 1.15 bits per heavy atom. The van der Waals surface area contributed by atoms with Crippen molar-refractivity contribution in [3.63, 3.8) is 0 Å². The fourth-order valence-electron chi connectivity index (χ4n) is 2.49. The number of fused-ring (bicyclic) bond motifs is 1. The van der Waals surface area contributed by atoms with Crippen molar-refractivity contribution in [2.75, 3.05) is 13.7 Å². The van der Waals surface area contributed by atoms with Gasteiger partial charge in [-0.25, -0.2) is 9.82 Å². The Morgan fingerprint density at radius 3 is 2.81 bits per heavy atom. The van der Waals surface area contributed by atoms with Crippen molar-refractivity contribution in [2.45, 2.75) is 0 Å². The zero-order valence-corrected chi connectivity index (χ0v) is 14.1. The largest absolute Gasteiger partial charge is 0.496 e. The van der Waals surface area contributed by atoms with Gasteiger partial charge in [0.15, 0.2) is 6.61 Å². The predicted molar refractivity (Wildman–Crippen MR) is 98.1 cm³/mol. The Balaban J connectivity index is 1.66. The molecule has 3 rings (SSSR count). The van der Waals surface area contributed by atoms with Crippen LogP contribution in [0.2, 0.25) is 0 Å². The minimum atomic E-state index is -0.454. The number of rotatable bonds is 6. The molecule has 6 heteroatoms. The minimum Gasteiger partial charge on any atom is -0.496 e. The second kappa shape index (κ2) is 8.11. The third-order valence-corrected chi connectivity index (χ3v) is 3.70. The standard InChI is InChI=1S/C20H17FN2O3/c1-25-19-10-9-14-5-2-3-8-17(14)18(19)12-22-23-20(24)13-26-16-7-4-6-15(21)11-16/h2-12H,13H2,1H3,(H,23,24)/b22-12-. The van der Waals surface area contributed by atoms with Gasteiger partial charge >= 0.3 is 0 Å². The summed E-state index contributed by atoms with van der Waals surface area (Å²) in [7, 11) is 1.58. The Bertz CT molecular complexity index is 957. The summed E-state index contributed by atoms with van der Waals surface area (Å²) in [6.45, 7) is -0.270. The predicted octanol–water partition coefficient (Wildman–Crippen LogP) is 3.52. The van der Waals surface area contributed by atoms with E-state index >= 15 is 0 Å². The molecule has 0 saturated heterocycles. The number of amides is 1. The molecule has 0 atom stereocenters. The maximum Gasteiger partial charge on any atom is 0.277 e. The van der Waals surface area contributed by atoms with Crippen molar-refractivity contribution in [3.05, 3.63) is 72.0 Å². The Hall–Kier alpha value is -3.41. The zero-order valence-electron chi connectivity index (χ0n) is 14.1. The third kappa shape index (κ3) is 4.16. The molecule has 1 N–H and O–H groups in total. The summed E-state index contributed by atoms with van der Waals surface area (Å²) in [5.41, 5.74) is 3.15. The van der Waals surface area contributed by atoms with Gasteiger partial charge in [-0.3, -0.25) is 4.79 Å². The van der Waals surface area contributed by atoms with E-state index in [9.17, 15) is 9.18 Å². The molecular weight excluding hydrogens is 335 g/mol. The first kappa shape index (κ1) is 17.4. The molecular formula is C20H17FN2O3. The molecule has 0 saturated carbocycles. The molecule has 0 aliphatic rings. The van der Waals surface area contributed by atoms with Crippen LogP contribution in [0.5, 0.6) is 11.5 Å². The maximum atomic E-state index is 13.1. The molecule has 3 aromatic rings. The van der Waals surface area contributed by atoms with Gasteiger partial charge in [-0.05, 0) is 29.0 Å². The number of nitrogens with one attached hydrogen (secondary N) is 1. The van der Waals surface area contributed by atoms with E-state index in [0.29, 0.717) is 5.75 Å². The van der Waals surface area contributed by atoms with E-state index in [4.69, 9.17) is 9.47 Å². The molecule has 5 nitrogen and oxygen atoms in total. The monoisotopic (exact) mass is 352 g/mol. The Morgan fingerprint density at radius 2 is 2.00 bits per heavy atom. The van der Waals surface area contributed by atoms with Crippen LogP contribution in [-0.2, 0) is 4.79 Å². The molecule has 26 heavy (non-hydrogen) atoms. The van der Waals surface area contributed by atoms with Gasteiger partial charge in [-0.2, -0.15) is 5.10 Å². The highest BCUT2D eigenvalue weighted by Gasteiger charge is 2.07. The van der Waals surface area contributed by atoms with Gasteiger partial charge < -0.3 is 9.47 Å². The van der Waals surface area contributed by atoms with Crippen molar-refractivity contribution in [1.29, 1.82) is 0 Å². The number of halogens is 1. The molecule has 0 radical (unpaired) electrons. The Labute approximate surface area is 150 Å². The second-order valence-electron chi connectivity index (χ2n) is 5.44. The normalized spacial score (nSPS) is 10.8. The summed E-state index contributed by atoms with van der Waals surface area (Å²) in [6, 6.07) is 17.2. The lowest BCUT2D eigenvalue weighted by Gasteiger charge is -2.08. The van der Waals surface area contributed by atoms with E-state index in [1.165, 1.54) is 24.4 Å². The number of nitrogens with zero attached hydrogens (tertiary/aromatic N) is 1. The lowest BCUT2D eigenvalue weighted by atomic mass is 10.0. The number of benzene rings is 3. The molecule has 1 amide bonds. The number of carbonyl (C=O) groups excluding carboxylic acids is 1. The molecule has 0 aromatic heterocycles. The van der Waals surface area contributed by atoms with Gasteiger partial charge in [-0.15, -0.1) is 0 Å². The van der Waals surface area contributed by atoms with Crippen LogP contribution in [0.3, 0.4) is 0 Å². The van der Waals surface area contributed by atoms with Crippen LogP contribution < -0.4 is 14.9 Å². The van der Waals surface area contributed by atoms with E-state index < -0.39 is 11.7 Å². The third-order valence-electron chi connectivity index (χ3n) is 3.70. The lowest BCUT2D eigenvalue weighted by molar-refractivity contribution is -0.123. The first-order valence-electron chi connectivity index (χ1n) is 7.93. The van der Waals surface area contributed by atoms with Crippen LogP contribution in [0.4, 0.5) is 4.39 Å². The molecule has 0 unspecified atom stereocenters. The molecule has 0 heterocycles. The molecule has 132 valence electrons. The first-order valence-corrected chi connectivity index (χ1v) is 7.93. The van der Waals surface area contributed by atoms with Crippen molar-refractivity contribution in [1.82, 2.24) is 5.43 Å². The average molecular weight is 352 g/mol. The number of hydrazone groups is 1. The lowest BCUT2D eigenvalue weighted by Crippen LogP contribution is -2.24. The number of carbonyl (C=O) groups is 1. The summed E-state index contributed by atoms with van der Waals surface area (Å²) in [6.07, 6.45) is 1.53. The fourth-order valence-corrected chi connectivity index (χ4v) is 2.49. The fraction of sp³-hybridized carbons (Fsp3) is 0.100. The number of hydrogen-bond acceptors (Lipinski definition) is 4. The van der Waals surface area contributed by atoms with Crippen LogP contribution in [-0.4, -0.2) is 25.8 Å². The van der Waals surface area contributed by atoms with Crippen LogP contribution in [0.15, 0.2) is 65.8 Å². The molecule has 3 aromatic carbocycles. The van der Waals surface area contributed by atoms with Gasteiger partial charge in [0, 0.05) is 11.6 Å². The summed E-state index contributed by atoms with van der Waals surface area (Å²) < 4.78 is 23.6. The zero-order chi connectivity index (χ0) is 18.4. The van der Waals surface area contributed by atoms with E-state index in [1.54, 1.807) is 13.2 Å². The van der Waals surface area contributed by atoms with Crippen molar-refractivity contribution < 1.29 is 18.7 Å². The highest BCUT2D eigenvalue weighted by Crippen LogP contribution is 2.26. The topological polar surface area (TPSA) is 59.9 Å². The molecule has 0 aliphatic carbocycles.